The molecule has 0 unspecified atom stereocenters. The number of hydrogen-bond acceptors (Lipinski definition) is 3. The fourth-order valence-corrected chi connectivity index (χ4v) is 5.41. The van der Waals surface area contributed by atoms with Crippen LogP contribution in [0.3, 0.4) is 0 Å². The van der Waals surface area contributed by atoms with E-state index in [-0.39, 0.29) is 18.0 Å². The molecule has 0 aromatic heterocycles. The van der Waals surface area contributed by atoms with Gasteiger partial charge in [0.15, 0.2) is 11.6 Å². The number of benzene rings is 5. The minimum absolute atomic E-state index is 0.0517. The minimum atomic E-state index is -0.100. The van der Waals surface area contributed by atoms with E-state index in [2.05, 4.69) is 25.3 Å². The summed E-state index contributed by atoms with van der Waals surface area (Å²) in [7, 11) is 0. The Hall–Kier alpha value is -3.98. The van der Waals surface area contributed by atoms with Gasteiger partial charge in [0, 0.05) is 33.0 Å². The van der Waals surface area contributed by atoms with Crippen molar-refractivity contribution < 1.29 is 14.3 Å². The van der Waals surface area contributed by atoms with Crippen molar-refractivity contribution in [1.29, 1.82) is 0 Å². The molecule has 0 fully saturated rings. The minimum Gasteiger partial charge on any atom is -0.457 e. The van der Waals surface area contributed by atoms with Gasteiger partial charge in [0.2, 0.25) is 0 Å². The lowest BCUT2D eigenvalue weighted by atomic mass is 9.80. The summed E-state index contributed by atoms with van der Waals surface area (Å²) in [6.45, 7) is 8.15. The van der Waals surface area contributed by atoms with Crippen LogP contribution in [-0.4, -0.2) is 11.6 Å². The highest BCUT2D eigenvalue weighted by Gasteiger charge is 2.29. The zero-order valence-corrected chi connectivity index (χ0v) is 16.0. The molecular formula is C27H14O3. The third-order valence-corrected chi connectivity index (χ3v) is 6.67. The van der Waals surface area contributed by atoms with Crippen LogP contribution in [-0.2, 0) is 4.74 Å². The van der Waals surface area contributed by atoms with Crippen molar-refractivity contribution in [3.63, 3.8) is 0 Å². The van der Waals surface area contributed by atoms with Gasteiger partial charge in [-0.3, -0.25) is 9.59 Å². The van der Waals surface area contributed by atoms with Gasteiger partial charge >= 0.3 is 0 Å². The second-order valence-corrected chi connectivity index (χ2v) is 8.11. The molecule has 0 bridgehead atoms. The smallest absolute Gasteiger partial charge is 0.171 e. The second-order valence-electron chi connectivity index (χ2n) is 8.11. The molecule has 0 amide bonds. The molecule has 0 atom stereocenters. The Labute approximate surface area is 171 Å². The van der Waals surface area contributed by atoms with Gasteiger partial charge in [-0.1, -0.05) is 49.6 Å². The average molecular weight is 386 g/mol. The molecule has 2 aliphatic rings. The number of hydrogen-bond donors (Lipinski definition) is 0. The zero-order valence-electron chi connectivity index (χ0n) is 16.0. The van der Waals surface area contributed by atoms with Crippen LogP contribution in [0.25, 0.3) is 54.6 Å². The molecule has 1 aliphatic heterocycles. The van der Waals surface area contributed by atoms with Gasteiger partial charge in [0.05, 0.1) is 6.42 Å². The molecule has 3 heteroatoms. The third kappa shape index (κ3) is 1.64. The van der Waals surface area contributed by atoms with Crippen LogP contribution in [0.4, 0.5) is 0 Å². The predicted molar refractivity (Wildman–Crippen MR) is 120 cm³/mol. The van der Waals surface area contributed by atoms with Crippen molar-refractivity contribution in [2.45, 2.75) is 6.42 Å². The summed E-state index contributed by atoms with van der Waals surface area (Å²) in [5.41, 5.74) is 3.23. The van der Waals surface area contributed by atoms with E-state index in [1.165, 1.54) is 0 Å². The largest absolute Gasteiger partial charge is 0.457 e. The van der Waals surface area contributed by atoms with E-state index in [1.807, 2.05) is 36.4 Å². The Morgan fingerprint density at radius 2 is 0.900 bits per heavy atom. The van der Waals surface area contributed by atoms with Crippen LogP contribution in [0.2, 0.25) is 0 Å². The highest BCUT2D eigenvalue weighted by Crippen LogP contribution is 2.48. The van der Waals surface area contributed by atoms with Crippen LogP contribution in [0.1, 0.15) is 38.3 Å². The summed E-state index contributed by atoms with van der Waals surface area (Å²) >= 11 is 0. The van der Waals surface area contributed by atoms with E-state index in [0.29, 0.717) is 22.6 Å². The monoisotopic (exact) mass is 386 g/mol. The quantitative estimate of drug-likeness (QED) is 0.174. The summed E-state index contributed by atoms with van der Waals surface area (Å²) in [5, 5.41) is 8.30. The molecule has 30 heavy (non-hydrogen) atoms. The molecule has 3 nitrogen and oxygen atoms in total. The number of rotatable bonds is 0. The number of carbonyl (C=O) groups is 2. The van der Waals surface area contributed by atoms with E-state index in [4.69, 9.17) is 4.74 Å². The van der Waals surface area contributed by atoms with Crippen LogP contribution >= 0.6 is 0 Å². The second kappa shape index (κ2) is 4.95. The highest BCUT2D eigenvalue weighted by molar-refractivity contribution is 6.39. The molecule has 0 saturated carbocycles. The first-order valence-electron chi connectivity index (χ1n) is 9.87. The maximum absolute atomic E-state index is 12.6. The van der Waals surface area contributed by atoms with Crippen LogP contribution in [0.15, 0.2) is 61.7 Å². The Morgan fingerprint density at radius 3 is 1.33 bits per heavy atom. The first kappa shape index (κ1) is 15.9. The summed E-state index contributed by atoms with van der Waals surface area (Å²) < 4.78 is 5.77. The molecule has 5 aromatic carbocycles. The van der Waals surface area contributed by atoms with Gasteiger partial charge in [0.25, 0.3) is 0 Å². The lowest BCUT2D eigenvalue weighted by Gasteiger charge is -2.25. The van der Waals surface area contributed by atoms with Crippen molar-refractivity contribution in [2.24, 2.45) is 0 Å². The van der Waals surface area contributed by atoms with Gasteiger partial charge in [0.1, 0.15) is 11.5 Å². The topological polar surface area (TPSA) is 43.4 Å². The Morgan fingerprint density at radius 1 is 0.533 bits per heavy atom. The Balaban J connectivity index is 1.82. The van der Waals surface area contributed by atoms with Crippen molar-refractivity contribution in [1.82, 2.24) is 0 Å². The van der Waals surface area contributed by atoms with Gasteiger partial charge in [-0.25, -0.2) is 0 Å². The molecule has 0 N–H and O–H groups in total. The normalized spacial score (nSPS) is 15.7. The molecular weight excluding hydrogens is 372 g/mol. The first-order valence-corrected chi connectivity index (χ1v) is 9.87. The molecule has 5 aromatic rings. The Kier molecular flexibility index (Phi) is 2.62. The van der Waals surface area contributed by atoms with Gasteiger partial charge < -0.3 is 4.74 Å². The van der Waals surface area contributed by atoms with Crippen LogP contribution in [0, 0.1) is 0 Å². The number of ketones is 2. The first-order chi connectivity index (χ1) is 14.5. The molecule has 0 saturated heterocycles. The summed E-state index contributed by atoms with van der Waals surface area (Å²) in [6, 6.07) is 16.1. The van der Waals surface area contributed by atoms with E-state index in [1.54, 1.807) is 0 Å². The van der Waals surface area contributed by atoms with Gasteiger partial charge in [-0.2, -0.15) is 0 Å². The lowest BCUT2D eigenvalue weighted by Crippen LogP contribution is -2.16. The number of fused-ring (bicyclic) bond motifs is 2. The molecule has 140 valence electrons. The highest BCUT2D eigenvalue weighted by atomic mass is 16.5. The number of Topliss-reactive ketones (excluding diaryl/α,β-unsaturated/α-hetero) is 2. The van der Waals surface area contributed by atoms with Crippen molar-refractivity contribution in [2.75, 3.05) is 0 Å². The van der Waals surface area contributed by atoms with Gasteiger partial charge in [-0.15, -0.1) is 0 Å². The van der Waals surface area contributed by atoms with E-state index in [0.717, 1.165) is 54.2 Å². The predicted octanol–water partition coefficient (Wildman–Crippen LogP) is 6.48. The molecule has 1 aliphatic carbocycles. The van der Waals surface area contributed by atoms with Crippen LogP contribution < -0.4 is 0 Å². The van der Waals surface area contributed by atoms with E-state index < -0.39 is 0 Å². The molecule has 1 heterocycles. The molecule has 7 rings (SSSR count). The standard InChI is InChI=1S/C27H14O3/c1-12-14-3-5-16-18-7-9-20-22(28)11-23(29)21-10-8-19(26(18)27(20)21)17-6-4-15(13(2)30-12)24(14)25(16)17/h3-10H,1-2,11H2. The maximum atomic E-state index is 12.6. The fourth-order valence-electron chi connectivity index (χ4n) is 5.41. The SMILES string of the molecule is C=C1OC(=C)c2ccc3c4ccc5c6c(ccc(c7ccc1c2c73)c64)C(=O)CC5=O. The zero-order chi connectivity index (χ0) is 20.3. The van der Waals surface area contributed by atoms with Crippen molar-refractivity contribution in [3.8, 4) is 0 Å². The fraction of sp³-hybridized carbons (Fsp3) is 0.0370. The average Bonchev–Trinajstić information content (AvgIpc) is 2.74. The van der Waals surface area contributed by atoms with Gasteiger partial charge in [-0.05, 0) is 44.5 Å². The number of carbonyl (C=O) groups excluding carboxylic acids is 2. The summed E-state index contributed by atoms with van der Waals surface area (Å²) in [6.07, 6.45) is -0.0517. The molecule has 0 radical (unpaired) electrons. The number of ether oxygens (including phenoxy) is 1. The van der Waals surface area contributed by atoms with Crippen molar-refractivity contribution in [3.05, 3.63) is 83.9 Å². The Bertz CT molecular complexity index is 1460. The van der Waals surface area contributed by atoms with Crippen molar-refractivity contribution >= 4 is 66.2 Å². The molecule has 0 spiro atoms. The third-order valence-electron chi connectivity index (χ3n) is 6.67. The lowest BCUT2D eigenvalue weighted by molar-refractivity contribution is 0.0890. The maximum Gasteiger partial charge on any atom is 0.171 e. The van der Waals surface area contributed by atoms with Crippen LogP contribution in [0.5, 0.6) is 0 Å². The van der Waals surface area contributed by atoms with E-state index in [9.17, 15) is 9.59 Å². The summed E-state index contributed by atoms with van der Waals surface area (Å²) in [5.74, 6) is 1.00. The van der Waals surface area contributed by atoms with E-state index >= 15 is 0 Å². The summed E-state index contributed by atoms with van der Waals surface area (Å²) in [4.78, 5) is 25.2.